The van der Waals surface area contributed by atoms with Crippen LogP contribution in [-0.4, -0.2) is 21.6 Å². The lowest BCUT2D eigenvalue weighted by atomic mass is 10.1. The molecule has 0 aliphatic heterocycles. The molecule has 1 fully saturated rings. The van der Waals surface area contributed by atoms with Crippen molar-refractivity contribution in [2.75, 3.05) is 0 Å². The zero-order chi connectivity index (χ0) is 22.7. The number of hydrazine groups is 1. The van der Waals surface area contributed by atoms with Gasteiger partial charge in [0.1, 0.15) is 0 Å². The van der Waals surface area contributed by atoms with E-state index in [1.165, 1.54) is 4.68 Å². The zero-order valence-electron chi connectivity index (χ0n) is 17.8. The second kappa shape index (κ2) is 9.53. The van der Waals surface area contributed by atoms with E-state index in [4.69, 9.17) is 11.6 Å². The molecule has 0 saturated heterocycles. The van der Waals surface area contributed by atoms with E-state index in [0.717, 1.165) is 24.8 Å². The molecule has 2 aromatic carbocycles. The predicted octanol–water partition coefficient (Wildman–Crippen LogP) is 3.80. The molecule has 1 heterocycles. The van der Waals surface area contributed by atoms with E-state index >= 15 is 0 Å². The molecule has 1 aliphatic carbocycles. The Kier molecular flexibility index (Phi) is 6.55. The molecule has 1 aromatic heterocycles. The molecule has 4 rings (SSSR count). The molecule has 7 nitrogen and oxygen atoms in total. The Morgan fingerprint density at radius 3 is 2.53 bits per heavy atom. The summed E-state index contributed by atoms with van der Waals surface area (Å²) < 4.78 is 1.34. The van der Waals surface area contributed by atoms with Gasteiger partial charge < -0.3 is 0 Å². The molecular formula is C24H25ClN4O3. The van der Waals surface area contributed by atoms with E-state index in [0.29, 0.717) is 28.8 Å². The van der Waals surface area contributed by atoms with Gasteiger partial charge >= 0.3 is 0 Å². The van der Waals surface area contributed by atoms with Crippen LogP contribution in [0, 0.1) is 5.92 Å². The van der Waals surface area contributed by atoms with Crippen LogP contribution in [-0.2, 0) is 11.3 Å². The summed E-state index contributed by atoms with van der Waals surface area (Å²) in [6.07, 6.45) is 3.45. The molecule has 0 bridgehead atoms. The maximum Gasteiger partial charge on any atom is 0.290 e. The van der Waals surface area contributed by atoms with E-state index < -0.39 is 5.91 Å². The van der Waals surface area contributed by atoms with Crippen LogP contribution in [0.3, 0.4) is 0 Å². The van der Waals surface area contributed by atoms with E-state index in [9.17, 15) is 14.4 Å². The number of hydrogen-bond acceptors (Lipinski definition) is 4. The van der Waals surface area contributed by atoms with Crippen LogP contribution in [0.2, 0.25) is 5.02 Å². The van der Waals surface area contributed by atoms with Crippen LogP contribution in [0.5, 0.6) is 0 Å². The fraction of sp³-hybridized carbons (Fsp3) is 0.333. The van der Waals surface area contributed by atoms with Crippen LogP contribution in [0.15, 0.2) is 53.3 Å². The molecule has 8 heteroatoms. The molecule has 166 valence electrons. The summed E-state index contributed by atoms with van der Waals surface area (Å²) in [5, 5.41) is 5.83. The number of benzene rings is 2. The summed E-state index contributed by atoms with van der Waals surface area (Å²) in [6, 6.07) is 14.3. The first-order valence-corrected chi connectivity index (χ1v) is 11.2. The Hall–Kier alpha value is -3.19. The van der Waals surface area contributed by atoms with Crippen LogP contribution < -0.4 is 16.4 Å². The Morgan fingerprint density at radius 2 is 1.78 bits per heavy atom. The third kappa shape index (κ3) is 4.53. The van der Waals surface area contributed by atoms with Gasteiger partial charge in [0, 0.05) is 22.9 Å². The largest absolute Gasteiger partial charge is 0.290 e. The summed E-state index contributed by atoms with van der Waals surface area (Å²) in [4.78, 5) is 38.2. The Balaban J connectivity index is 1.48. The highest BCUT2D eigenvalue weighted by molar-refractivity contribution is 6.31. The van der Waals surface area contributed by atoms with Crippen molar-refractivity contribution in [3.8, 4) is 0 Å². The van der Waals surface area contributed by atoms with Gasteiger partial charge in [0.05, 0.1) is 5.39 Å². The van der Waals surface area contributed by atoms with E-state index in [-0.39, 0.29) is 29.0 Å². The number of fused-ring (bicyclic) bond motifs is 1. The number of amides is 2. The van der Waals surface area contributed by atoms with Crippen molar-refractivity contribution in [3.05, 3.63) is 75.2 Å². The highest BCUT2D eigenvalue weighted by Crippen LogP contribution is 2.49. The third-order valence-corrected chi connectivity index (χ3v) is 6.13. The minimum Gasteiger partial charge on any atom is -0.273 e. The van der Waals surface area contributed by atoms with Gasteiger partial charge in [-0.05, 0) is 36.5 Å². The van der Waals surface area contributed by atoms with Crippen molar-refractivity contribution in [3.63, 3.8) is 0 Å². The predicted molar refractivity (Wildman–Crippen MR) is 123 cm³/mol. The van der Waals surface area contributed by atoms with Gasteiger partial charge in [0.2, 0.25) is 5.91 Å². The average molecular weight is 453 g/mol. The van der Waals surface area contributed by atoms with Crippen molar-refractivity contribution in [2.24, 2.45) is 5.92 Å². The van der Waals surface area contributed by atoms with E-state index in [1.807, 2.05) is 18.2 Å². The SMILES string of the molecule is CCCCCn1nc(C(=O)NNC(=O)C2CC2c2ccccc2Cl)c2ccccc2c1=O. The van der Waals surface area contributed by atoms with E-state index in [2.05, 4.69) is 22.9 Å². The first-order chi connectivity index (χ1) is 15.5. The van der Waals surface area contributed by atoms with Gasteiger partial charge in [-0.2, -0.15) is 5.10 Å². The van der Waals surface area contributed by atoms with Gasteiger partial charge in [0.15, 0.2) is 5.69 Å². The van der Waals surface area contributed by atoms with Gasteiger partial charge in [-0.3, -0.25) is 25.2 Å². The standard InChI is InChI=1S/C24H25ClN4O3/c1-2-3-8-13-29-24(32)17-11-5-4-10-16(17)21(28-29)23(31)27-26-22(30)19-14-18(19)15-9-6-7-12-20(15)25/h4-7,9-12,18-19H,2-3,8,13-14H2,1H3,(H,26,30)(H,27,31). The smallest absolute Gasteiger partial charge is 0.273 e. The molecular weight excluding hydrogens is 428 g/mol. The summed E-state index contributed by atoms with van der Waals surface area (Å²) >= 11 is 6.23. The van der Waals surface area contributed by atoms with Gasteiger partial charge in [-0.15, -0.1) is 0 Å². The lowest BCUT2D eigenvalue weighted by Gasteiger charge is -2.12. The Morgan fingerprint density at radius 1 is 1.06 bits per heavy atom. The Labute approximate surface area is 190 Å². The quantitative estimate of drug-likeness (QED) is 0.421. The summed E-state index contributed by atoms with van der Waals surface area (Å²) in [7, 11) is 0. The number of halogens is 1. The first kappa shape index (κ1) is 22.0. The highest BCUT2D eigenvalue weighted by Gasteiger charge is 2.45. The first-order valence-electron chi connectivity index (χ1n) is 10.9. The number of nitrogens with one attached hydrogen (secondary N) is 2. The molecule has 1 aliphatic rings. The molecule has 32 heavy (non-hydrogen) atoms. The minimum atomic E-state index is -0.561. The third-order valence-electron chi connectivity index (χ3n) is 5.79. The number of rotatable bonds is 7. The Bertz CT molecular complexity index is 1220. The topological polar surface area (TPSA) is 93.1 Å². The monoisotopic (exact) mass is 452 g/mol. The second-order valence-electron chi connectivity index (χ2n) is 8.04. The zero-order valence-corrected chi connectivity index (χ0v) is 18.6. The number of unbranched alkanes of at least 4 members (excludes halogenated alkanes) is 2. The number of carbonyl (C=O) groups is 2. The van der Waals surface area contributed by atoms with Crippen molar-refractivity contribution < 1.29 is 9.59 Å². The summed E-state index contributed by atoms with van der Waals surface area (Å²) in [5.41, 5.74) is 5.79. The molecule has 2 atom stereocenters. The average Bonchev–Trinajstić information content (AvgIpc) is 3.60. The fourth-order valence-corrected chi connectivity index (χ4v) is 4.22. The summed E-state index contributed by atoms with van der Waals surface area (Å²) in [6.45, 7) is 2.51. The van der Waals surface area contributed by atoms with Gasteiger partial charge in [-0.25, -0.2) is 4.68 Å². The van der Waals surface area contributed by atoms with Crippen LogP contribution in [0.1, 0.15) is 54.6 Å². The van der Waals surface area contributed by atoms with Crippen LogP contribution >= 0.6 is 11.6 Å². The minimum absolute atomic E-state index is 0.0417. The molecule has 2 unspecified atom stereocenters. The lowest BCUT2D eigenvalue weighted by Crippen LogP contribution is -2.43. The summed E-state index contributed by atoms with van der Waals surface area (Å²) in [5.74, 6) is -1.04. The fourth-order valence-electron chi connectivity index (χ4n) is 3.94. The number of hydrogen-bond donors (Lipinski definition) is 2. The van der Waals surface area contributed by atoms with Crippen molar-refractivity contribution in [1.82, 2.24) is 20.6 Å². The molecule has 0 radical (unpaired) electrons. The lowest BCUT2D eigenvalue weighted by molar-refractivity contribution is -0.123. The highest BCUT2D eigenvalue weighted by atomic mass is 35.5. The molecule has 2 amide bonds. The second-order valence-corrected chi connectivity index (χ2v) is 8.45. The van der Waals surface area contributed by atoms with Gasteiger partial charge in [-0.1, -0.05) is 67.8 Å². The molecule has 2 N–H and O–H groups in total. The van der Waals surface area contributed by atoms with Crippen molar-refractivity contribution in [1.29, 1.82) is 0 Å². The number of nitrogens with zero attached hydrogens (tertiary/aromatic N) is 2. The molecule has 1 saturated carbocycles. The molecule has 0 spiro atoms. The van der Waals surface area contributed by atoms with Crippen LogP contribution in [0.25, 0.3) is 10.8 Å². The number of aromatic nitrogens is 2. The van der Waals surface area contributed by atoms with Crippen LogP contribution in [0.4, 0.5) is 0 Å². The van der Waals surface area contributed by atoms with Crippen molar-refractivity contribution in [2.45, 2.75) is 45.1 Å². The van der Waals surface area contributed by atoms with E-state index in [1.54, 1.807) is 30.3 Å². The van der Waals surface area contributed by atoms with Crippen molar-refractivity contribution >= 4 is 34.2 Å². The number of aryl methyl sites for hydroxylation is 1. The maximum atomic E-state index is 12.9. The molecule has 3 aromatic rings. The normalized spacial score (nSPS) is 17.2. The number of carbonyl (C=O) groups excluding carboxylic acids is 2. The van der Waals surface area contributed by atoms with Gasteiger partial charge in [0.25, 0.3) is 11.5 Å². The maximum absolute atomic E-state index is 12.9.